The van der Waals surface area contributed by atoms with Crippen LogP contribution in [0.25, 0.3) is 0 Å². The molecule has 82 valence electrons. The van der Waals surface area contributed by atoms with E-state index in [-0.39, 0.29) is 12.3 Å². The molecule has 0 bridgehead atoms. The van der Waals surface area contributed by atoms with Gasteiger partial charge in [-0.1, -0.05) is 36.4 Å². The minimum absolute atomic E-state index is 0. The molecule has 0 unspecified atom stereocenters. The number of hydrogen-bond acceptors (Lipinski definition) is 2. The second kappa shape index (κ2) is 9.51. The molecule has 0 atom stereocenters. The summed E-state index contributed by atoms with van der Waals surface area (Å²) in [6.07, 6.45) is 0. The fraction of sp³-hybridized carbons (Fsp3) is 0. The van der Waals surface area contributed by atoms with E-state index in [0.29, 0.717) is 11.5 Å². The zero-order chi connectivity index (χ0) is 10.2. The van der Waals surface area contributed by atoms with Gasteiger partial charge in [0.15, 0.2) is 0 Å². The zero-order valence-corrected chi connectivity index (χ0v) is 8.56. The van der Waals surface area contributed by atoms with Crippen molar-refractivity contribution in [2.75, 3.05) is 0 Å². The molecule has 2 aromatic carbocycles. The molecule has 0 aliphatic heterocycles. The quantitative estimate of drug-likeness (QED) is 0.701. The first-order chi connectivity index (χ1) is 6.79. The lowest BCUT2D eigenvalue weighted by atomic mass is 10.3. The number of phenols is 2. The fourth-order valence-corrected chi connectivity index (χ4v) is 0.856. The monoisotopic (exact) mass is 216 g/mol. The molecule has 0 saturated carbocycles. The minimum Gasteiger partial charge on any atom is -0.508 e. The van der Waals surface area contributed by atoms with Gasteiger partial charge in [0.1, 0.15) is 11.5 Å². The summed E-state index contributed by atoms with van der Waals surface area (Å²) < 4.78 is 0. The number of hydrogen-bond donors (Lipinski definition) is 2. The van der Waals surface area contributed by atoms with Crippen LogP contribution in [0.4, 0.5) is 0 Å². The van der Waals surface area contributed by atoms with Crippen LogP contribution in [0.1, 0.15) is 0 Å². The van der Waals surface area contributed by atoms with Gasteiger partial charge in [-0.3, -0.25) is 0 Å². The summed E-state index contributed by atoms with van der Waals surface area (Å²) in [6, 6.07) is 17.4. The van der Waals surface area contributed by atoms with E-state index in [4.69, 9.17) is 10.2 Å². The van der Waals surface area contributed by atoms with Crippen LogP contribution < -0.4 is 12.3 Å². The topological polar surface area (TPSA) is 101 Å². The van der Waals surface area contributed by atoms with Gasteiger partial charge in [-0.2, -0.15) is 0 Å². The number of para-hydroxylation sites is 2. The average molecular weight is 216 g/mol. The number of rotatable bonds is 0. The summed E-state index contributed by atoms with van der Waals surface area (Å²) in [5.41, 5.74) is 0. The molecule has 2 N–H and O–H groups in total. The molecule has 0 aromatic heterocycles. The van der Waals surface area contributed by atoms with Crippen LogP contribution in [0.5, 0.6) is 11.5 Å². The maximum Gasteiger partial charge on any atom is 0.115 e. The summed E-state index contributed by atoms with van der Waals surface area (Å²) in [5, 5.41) is 17.3. The highest BCUT2D eigenvalue weighted by atomic mass is 16.3. The smallest absolute Gasteiger partial charge is 0.115 e. The lowest BCUT2D eigenvalue weighted by molar-refractivity contribution is 0.475. The van der Waals surface area contributed by atoms with E-state index in [0.717, 1.165) is 0 Å². The Morgan fingerprint density at radius 2 is 0.750 bits per heavy atom. The van der Waals surface area contributed by atoms with Gasteiger partial charge in [-0.15, -0.1) is 0 Å². The van der Waals surface area contributed by atoms with Crippen LogP contribution in [-0.2, 0) is 0 Å². The molecular formula is C12H12N2O2. The van der Waals surface area contributed by atoms with Crippen LogP contribution in [0.15, 0.2) is 60.7 Å². The van der Waals surface area contributed by atoms with Crippen molar-refractivity contribution in [2.24, 2.45) is 0 Å². The van der Waals surface area contributed by atoms with Gasteiger partial charge in [0.25, 0.3) is 0 Å². The second-order valence-corrected chi connectivity index (χ2v) is 2.67. The third-order valence-corrected chi connectivity index (χ3v) is 1.51. The molecular weight excluding hydrogens is 204 g/mol. The van der Waals surface area contributed by atoms with Crippen LogP contribution in [0.2, 0.25) is 0 Å². The Morgan fingerprint density at radius 3 is 0.875 bits per heavy atom. The van der Waals surface area contributed by atoms with E-state index < -0.39 is 0 Å². The van der Waals surface area contributed by atoms with Gasteiger partial charge in [0.2, 0.25) is 0 Å². The molecule has 2 rings (SSSR count). The van der Waals surface area contributed by atoms with E-state index in [9.17, 15) is 0 Å². The molecule has 4 heteroatoms. The van der Waals surface area contributed by atoms with E-state index >= 15 is 0 Å². The highest BCUT2D eigenvalue weighted by molar-refractivity contribution is 5.19. The molecule has 16 heavy (non-hydrogen) atoms. The molecule has 0 spiro atoms. The minimum atomic E-state index is 0. The molecule has 4 nitrogen and oxygen atoms in total. The highest BCUT2D eigenvalue weighted by Crippen LogP contribution is 2.03. The molecule has 0 saturated heterocycles. The Bertz CT molecular complexity index is 314. The standard InChI is InChI=1S/2C6H6O.2N/c2*7-6-4-2-1-3-5-6;;/h2*1-5,7H;;. The Kier molecular flexibility index (Phi) is 9.75. The summed E-state index contributed by atoms with van der Waals surface area (Å²) in [4.78, 5) is 0. The van der Waals surface area contributed by atoms with Crippen molar-refractivity contribution in [3.8, 4) is 11.5 Å². The first kappa shape index (κ1) is 16.4. The SMILES string of the molecule is Oc1ccccc1.Oc1ccccc1.[N].[N]. The van der Waals surface area contributed by atoms with Crippen molar-refractivity contribution >= 4 is 0 Å². The zero-order valence-electron chi connectivity index (χ0n) is 8.56. The Balaban J connectivity index is 0. The fourth-order valence-electron chi connectivity index (χ4n) is 0.856. The maximum atomic E-state index is 8.63. The summed E-state index contributed by atoms with van der Waals surface area (Å²) in [5.74, 6) is 0.644. The van der Waals surface area contributed by atoms with Gasteiger partial charge in [0.05, 0.1) is 0 Å². The second-order valence-electron chi connectivity index (χ2n) is 2.67. The van der Waals surface area contributed by atoms with Gasteiger partial charge in [-0.25, -0.2) is 0 Å². The Labute approximate surface area is 95.4 Å². The van der Waals surface area contributed by atoms with Gasteiger partial charge in [0, 0.05) is 12.3 Å². The van der Waals surface area contributed by atoms with Crippen molar-refractivity contribution in [2.45, 2.75) is 0 Å². The molecule has 6 radical (unpaired) electrons. The molecule has 0 aliphatic carbocycles. The molecule has 0 aliphatic rings. The lowest BCUT2D eigenvalue weighted by Crippen LogP contribution is -1.56. The van der Waals surface area contributed by atoms with Crippen LogP contribution in [0, 0.1) is 0 Å². The highest BCUT2D eigenvalue weighted by Gasteiger charge is 1.75. The first-order valence-corrected chi connectivity index (χ1v) is 4.27. The van der Waals surface area contributed by atoms with Gasteiger partial charge >= 0.3 is 0 Å². The third kappa shape index (κ3) is 7.37. The van der Waals surface area contributed by atoms with Crippen molar-refractivity contribution in [3.05, 3.63) is 60.7 Å². The van der Waals surface area contributed by atoms with Crippen molar-refractivity contribution in [1.82, 2.24) is 12.3 Å². The van der Waals surface area contributed by atoms with Gasteiger partial charge < -0.3 is 10.2 Å². The summed E-state index contributed by atoms with van der Waals surface area (Å²) in [6.45, 7) is 0. The average Bonchev–Trinajstić information content (AvgIpc) is 2.21. The van der Waals surface area contributed by atoms with E-state index in [1.165, 1.54) is 0 Å². The predicted octanol–water partition coefficient (Wildman–Crippen LogP) is 1.82. The molecule has 0 heterocycles. The van der Waals surface area contributed by atoms with Crippen molar-refractivity contribution in [3.63, 3.8) is 0 Å². The third-order valence-electron chi connectivity index (χ3n) is 1.51. The van der Waals surface area contributed by atoms with Crippen LogP contribution >= 0.6 is 0 Å². The van der Waals surface area contributed by atoms with E-state index in [2.05, 4.69) is 0 Å². The van der Waals surface area contributed by atoms with E-state index in [1.807, 2.05) is 12.1 Å². The maximum absolute atomic E-state index is 8.63. The number of phenolic OH excluding ortho intramolecular Hbond substituents is 2. The molecule has 0 amide bonds. The van der Waals surface area contributed by atoms with E-state index in [1.54, 1.807) is 48.5 Å². The predicted molar refractivity (Wildman–Crippen MR) is 60.5 cm³/mol. The van der Waals surface area contributed by atoms with Crippen molar-refractivity contribution < 1.29 is 10.2 Å². The van der Waals surface area contributed by atoms with Crippen molar-refractivity contribution in [1.29, 1.82) is 0 Å². The lowest BCUT2D eigenvalue weighted by Gasteiger charge is -1.82. The summed E-state index contributed by atoms with van der Waals surface area (Å²) >= 11 is 0. The normalized spacial score (nSPS) is 7.50. The van der Waals surface area contributed by atoms with Crippen LogP contribution in [0.3, 0.4) is 0 Å². The number of benzene rings is 2. The summed E-state index contributed by atoms with van der Waals surface area (Å²) in [7, 11) is 0. The molecule has 0 fully saturated rings. The Morgan fingerprint density at radius 1 is 0.500 bits per heavy atom. The number of aromatic hydroxyl groups is 2. The van der Waals surface area contributed by atoms with Gasteiger partial charge in [-0.05, 0) is 24.3 Å². The molecule has 2 aromatic rings. The first-order valence-electron chi connectivity index (χ1n) is 4.27. The Hall–Kier alpha value is -2.04. The van der Waals surface area contributed by atoms with Crippen LogP contribution in [-0.4, -0.2) is 10.2 Å². The largest absolute Gasteiger partial charge is 0.508 e. The number of nitrogens with zero attached hydrogens (tertiary/aromatic N) is 2.